The first-order valence-corrected chi connectivity index (χ1v) is 7.55. The Labute approximate surface area is 116 Å². The highest BCUT2D eigenvalue weighted by Gasteiger charge is 2.32. The van der Waals surface area contributed by atoms with E-state index in [2.05, 4.69) is 48.5 Å². The van der Waals surface area contributed by atoms with Crippen LogP contribution in [0.15, 0.2) is 24.3 Å². The molecule has 104 valence electrons. The standard InChI is InChI=1S/C16H25N3/c1-11-6-5-7-12(2)19(11)18-16-10-15(17)13-8-3-4-9-14(13)16/h3-4,8-9,11-12,15-16,18H,5-7,10,17H2,1-2H3. The van der Waals surface area contributed by atoms with Gasteiger partial charge in [0, 0.05) is 24.2 Å². The van der Waals surface area contributed by atoms with Gasteiger partial charge in [0.05, 0.1) is 0 Å². The summed E-state index contributed by atoms with van der Waals surface area (Å²) in [5.41, 5.74) is 12.7. The smallest absolute Gasteiger partial charge is 0.0486 e. The Kier molecular flexibility index (Phi) is 3.61. The van der Waals surface area contributed by atoms with Gasteiger partial charge < -0.3 is 5.73 Å². The van der Waals surface area contributed by atoms with Crippen LogP contribution in [0.2, 0.25) is 0 Å². The molecule has 3 rings (SSSR count). The number of hydrazine groups is 1. The fourth-order valence-electron chi connectivity index (χ4n) is 3.65. The molecule has 0 bridgehead atoms. The zero-order valence-electron chi connectivity index (χ0n) is 12.0. The lowest BCUT2D eigenvalue weighted by molar-refractivity contribution is 0.0286. The van der Waals surface area contributed by atoms with Crippen LogP contribution in [-0.4, -0.2) is 17.1 Å². The molecule has 0 spiro atoms. The summed E-state index contributed by atoms with van der Waals surface area (Å²) in [5.74, 6) is 0. The minimum Gasteiger partial charge on any atom is -0.324 e. The molecule has 0 amide bonds. The minimum absolute atomic E-state index is 0.184. The zero-order chi connectivity index (χ0) is 13.4. The van der Waals surface area contributed by atoms with Crippen molar-refractivity contribution in [1.82, 2.24) is 10.4 Å². The van der Waals surface area contributed by atoms with Crippen LogP contribution in [0, 0.1) is 0 Å². The molecular formula is C16H25N3. The first-order valence-electron chi connectivity index (χ1n) is 7.55. The van der Waals surface area contributed by atoms with Crippen molar-refractivity contribution < 1.29 is 0 Å². The fraction of sp³-hybridized carbons (Fsp3) is 0.625. The van der Waals surface area contributed by atoms with Crippen LogP contribution < -0.4 is 11.2 Å². The predicted molar refractivity (Wildman–Crippen MR) is 78.5 cm³/mol. The minimum atomic E-state index is 0.184. The molecule has 4 atom stereocenters. The van der Waals surface area contributed by atoms with Crippen molar-refractivity contribution in [3.63, 3.8) is 0 Å². The van der Waals surface area contributed by atoms with E-state index in [1.165, 1.54) is 30.4 Å². The van der Waals surface area contributed by atoms with Crippen LogP contribution in [0.1, 0.15) is 62.7 Å². The molecule has 3 N–H and O–H groups in total. The Morgan fingerprint density at radius 2 is 1.74 bits per heavy atom. The van der Waals surface area contributed by atoms with Crippen molar-refractivity contribution in [3.8, 4) is 0 Å². The fourth-order valence-corrected chi connectivity index (χ4v) is 3.65. The molecule has 1 aliphatic carbocycles. The molecule has 1 aromatic rings. The summed E-state index contributed by atoms with van der Waals surface area (Å²) in [6, 6.07) is 10.4. The van der Waals surface area contributed by atoms with Gasteiger partial charge in [-0.1, -0.05) is 30.7 Å². The third-order valence-corrected chi connectivity index (χ3v) is 4.76. The van der Waals surface area contributed by atoms with Gasteiger partial charge in [-0.3, -0.25) is 0 Å². The number of nitrogens with zero attached hydrogens (tertiary/aromatic N) is 1. The number of hydrogen-bond acceptors (Lipinski definition) is 3. The van der Waals surface area contributed by atoms with Gasteiger partial charge in [-0.2, -0.15) is 0 Å². The summed E-state index contributed by atoms with van der Waals surface area (Å²) in [7, 11) is 0. The largest absolute Gasteiger partial charge is 0.324 e. The summed E-state index contributed by atoms with van der Waals surface area (Å²) < 4.78 is 0. The molecular weight excluding hydrogens is 234 g/mol. The molecule has 3 nitrogen and oxygen atoms in total. The third-order valence-electron chi connectivity index (χ3n) is 4.76. The average molecular weight is 259 g/mol. The van der Waals surface area contributed by atoms with E-state index in [0.717, 1.165) is 6.42 Å². The average Bonchev–Trinajstić information content (AvgIpc) is 2.72. The molecule has 1 fully saturated rings. The molecule has 0 radical (unpaired) electrons. The predicted octanol–water partition coefficient (Wildman–Crippen LogP) is 2.90. The van der Waals surface area contributed by atoms with Crippen molar-refractivity contribution in [2.45, 2.75) is 63.7 Å². The van der Waals surface area contributed by atoms with E-state index in [0.29, 0.717) is 18.1 Å². The second-order valence-electron chi connectivity index (χ2n) is 6.19. The zero-order valence-corrected chi connectivity index (χ0v) is 12.0. The first kappa shape index (κ1) is 13.1. The van der Waals surface area contributed by atoms with Crippen LogP contribution in [-0.2, 0) is 0 Å². The van der Waals surface area contributed by atoms with Crippen LogP contribution >= 0.6 is 0 Å². The van der Waals surface area contributed by atoms with Crippen LogP contribution in [0.4, 0.5) is 0 Å². The molecule has 19 heavy (non-hydrogen) atoms. The summed E-state index contributed by atoms with van der Waals surface area (Å²) in [4.78, 5) is 0. The van der Waals surface area contributed by atoms with E-state index in [1.54, 1.807) is 0 Å². The number of nitrogens with two attached hydrogens (primary N) is 1. The van der Waals surface area contributed by atoms with Gasteiger partial charge in [-0.25, -0.2) is 10.4 Å². The highest BCUT2D eigenvalue weighted by Crippen LogP contribution is 2.38. The summed E-state index contributed by atoms with van der Waals surface area (Å²) >= 11 is 0. The van der Waals surface area contributed by atoms with E-state index in [-0.39, 0.29) is 6.04 Å². The first-order chi connectivity index (χ1) is 9.16. The molecule has 4 unspecified atom stereocenters. The molecule has 1 heterocycles. The lowest BCUT2D eigenvalue weighted by Crippen LogP contribution is -2.52. The van der Waals surface area contributed by atoms with Gasteiger partial charge in [-0.15, -0.1) is 0 Å². The van der Waals surface area contributed by atoms with E-state index in [1.807, 2.05) is 0 Å². The van der Waals surface area contributed by atoms with Crippen LogP contribution in [0.5, 0.6) is 0 Å². The monoisotopic (exact) mass is 259 g/mol. The van der Waals surface area contributed by atoms with Crippen molar-refractivity contribution in [1.29, 1.82) is 0 Å². The van der Waals surface area contributed by atoms with Crippen molar-refractivity contribution in [2.24, 2.45) is 5.73 Å². The maximum atomic E-state index is 6.25. The van der Waals surface area contributed by atoms with Crippen molar-refractivity contribution >= 4 is 0 Å². The number of nitrogens with one attached hydrogen (secondary N) is 1. The Morgan fingerprint density at radius 3 is 2.42 bits per heavy atom. The molecule has 0 aromatic heterocycles. The number of rotatable bonds is 2. The van der Waals surface area contributed by atoms with E-state index >= 15 is 0 Å². The quantitative estimate of drug-likeness (QED) is 0.858. The van der Waals surface area contributed by atoms with E-state index in [9.17, 15) is 0 Å². The van der Waals surface area contributed by atoms with Gasteiger partial charge in [0.15, 0.2) is 0 Å². The SMILES string of the molecule is CC1CCCC(C)N1NC1CC(N)c2ccccc21. The summed E-state index contributed by atoms with van der Waals surface area (Å²) in [6.45, 7) is 4.65. The normalized spacial score (nSPS) is 35.3. The van der Waals surface area contributed by atoms with Gasteiger partial charge in [-0.05, 0) is 44.2 Å². The second kappa shape index (κ2) is 5.23. The Hall–Kier alpha value is -0.900. The molecule has 1 saturated heterocycles. The molecule has 2 aliphatic rings. The van der Waals surface area contributed by atoms with E-state index < -0.39 is 0 Å². The Balaban J connectivity index is 1.77. The van der Waals surface area contributed by atoms with Gasteiger partial charge in [0.2, 0.25) is 0 Å². The lowest BCUT2D eigenvalue weighted by Gasteiger charge is -2.41. The van der Waals surface area contributed by atoms with Gasteiger partial charge in [0.25, 0.3) is 0 Å². The summed E-state index contributed by atoms with van der Waals surface area (Å²) in [5, 5.41) is 2.46. The topological polar surface area (TPSA) is 41.3 Å². The third kappa shape index (κ3) is 2.42. The van der Waals surface area contributed by atoms with Gasteiger partial charge >= 0.3 is 0 Å². The van der Waals surface area contributed by atoms with Crippen molar-refractivity contribution in [3.05, 3.63) is 35.4 Å². The summed E-state index contributed by atoms with van der Waals surface area (Å²) in [6.07, 6.45) is 4.94. The second-order valence-corrected chi connectivity index (χ2v) is 6.19. The van der Waals surface area contributed by atoms with E-state index in [4.69, 9.17) is 5.73 Å². The van der Waals surface area contributed by atoms with Gasteiger partial charge in [0.1, 0.15) is 0 Å². The van der Waals surface area contributed by atoms with Crippen molar-refractivity contribution in [2.75, 3.05) is 0 Å². The lowest BCUT2D eigenvalue weighted by atomic mass is 9.99. The van der Waals surface area contributed by atoms with Crippen LogP contribution in [0.25, 0.3) is 0 Å². The molecule has 1 aromatic carbocycles. The van der Waals surface area contributed by atoms with Crippen LogP contribution in [0.3, 0.4) is 0 Å². The maximum absolute atomic E-state index is 6.25. The Bertz CT molecular complexity index is 435. The Morgan fingerprint density at radius 1 is 1.11 bits per heavy atom. The number of hydrogen-bond donors (Lipinski definition) is 2. The molecule has 1 aliphatic heterocycles. The number of benzene rings is 1. The highest BCUT2D eigenvalue weighted by molar-refractivity contribution is 5.37. The highest BCUT2D eigenvalue weighted by atomic mass is 15.5. The maximum Gasteiger partial charge on any atom is 0.0486 e. The molecule has 3 heteroatoms. The number of fused-ring (bicyclic) bond motifs is 1. The number of piperidine rings is 1. The molecule has 0 saturated carbocycles.